The second-order valence-electron chi connectivity index (χ2n) is 9.99. The van der Waals surface area contributed by atoms with Crippen LogP contribution in [0, 0.1) is 11.3 Å². The van der Waals surface area contributed by atoms with E-state index in [2.05, 4.69) is 26.1 Å². The van der Waals surface area contributed by atoms with Crippen molar-refractivity contribution in [3.8, 4) is 17.2 Å². The molecule has 1 amide bonds. The maximum Gasteiger partial charge on any atom is 0.259 e. The Kier molecular flexibility index (Phi) is 7.69. The number of carbonyl (C=O) groups is 1. The molecule has 2 aromatic carbocycles. The van der Waals surface area contributed by atoms with Gasteiger partial charge in [-0.15, -0.1) is 11.3 Å². The highest BCUT2D eigenvalue weighted by molar-refractivity contribution is 7.16. The standard InChI is InChI=1S/C29H34N2O4S/c1-29(2,3)19-14-15-20-24(16-19)36-28(30-17-18-10-9-13-23(34-5)26(18)35-6)25(20)27(32)31-21-11-7-8-12-22(21)33-4/h7-13,17,19H,14-16H2,1-6H3,(H,31,32)/t19-/m1/s1. The Bertz CT molecular complexity index is 1270. The summed E-state index contributed by atoms with van der Waals surface area (Å²) in [5, 5.41) is 3.76. The average molecular weight is 507 g/mol. The molecule has 0 saturated heterocycles. The third-order valence-corrected chi connectivity index (χ3v) is 7.97. The van der Waals surface area contributed by atoms with Crippen molar-refractivity contribution in [3.63, 3.8) is 0 Å². The third-order valence-electron chi connectivity index (χ3n) is 6.81. The first kappa shape index (κ1) is 25.8. The van der Waals surface area contributed by atoms with Gasteiger partial charge < -0.3 is 19.5 Å². The van der Waals surface area contributed by atoms with Crippen molar-refractivity contribution in [2.24, 2.45) is 16.3 Å². The topological polar surface area (TPSA) is 69.2 Å². The van der Waals surface area contributed by atoms with Crippen LogP contribution < -0.4 is 19.5 Å². The van der Waals surface area contributed by atoms with Crippen LogP contribution >= 0.6 is 11.3 Å². The number of carbonyl (C=O) groups excluding carboxylic acids is 1. The molecular weight excluding hydrogens is 472 g/mol. The molecule has 1 heterocycles. The van der Waals surface area contributed by atoms with Crippen LogP contribution in [0.5, 0.6) is 17.2 Å². The first-order valence-electron chi connectivity index (χ1n) is 12.1. The van der Waals surface area contributed by atoms with Crippen LogP contribution in [0.2, 0.25) is 0 Å². The van der Waals surface area contributed by atoms with Gasteiger partial charge in [-0.2, -0.15) is 0 Å². The number of nitrogens with zero attached hydrogens (tertiary/aromatic N) is 1. The molecule has 0 fully saturated rings. The van der Waals surface area contributed by atoms with Gasteiger partial charge in [0.1, 0.15) is 10.8 Å². The van der Waals surface area contributed by atoms with Crippen LogP contribution in [0.25, 0.3) is 0 Å². The van der Waals surface area contributed by atoms with E-state index in [1.807, 2.05) is 42.5 Å². The normalized spacial score (nSPS) is 15.4. The molecule has 7 heteroatoms. The van der Waals surface area contributed by atoms with E-state index in [1.165, 1.54) is 4.88 Å². The van der Waals surface area contributed by atoms with Gasteiger partial charge in [-0.3, -0.25) is 4.79 Å². The van der Waals surface area contributed by atoms with Crippen molar-refractivity contribution >= 4 is 34.1 Å². The molecule has 4 rings (SSSR count). The summed E-state index contributed by atoms with van der Waals surface area (Å²) in [6, 6.07) is 13.1. The van der Waals surface area contributed by atoms with E-state index in [-0.39, 0.29) is 11.3 Å². The number of ether oxygens (including phenoxy) is 3. The number of rotatable bonds is 7. The third kappa shape index (κ3) is 5.26. The molecule has 36 heavy (non-hydrogen) atoms. The van der Waals surface area contributed by atoms with E-state index in [9.17, 15) is 4.79 Å². The minimum absolute atomic E-state index is 0.170. The van der Waals surface area contributed by atoms with E-state index in [4.69, 9.17) is 19.2 Å². The van der Waals surface area contributed by atoms with Crippen LogP contribution in [0.3, 0.4) is 0 Å². The van der Waals surface area contributed by atoms with Gasteiger partial charge in [-0.25, -0.2) is 4.99 Å². The zero-order valence-electron chi connectivity index (χ0n) is 21.8. The molecular formula is C29H34N2O4S. The van der Waals surface area contributed by atoms with Crippen molar-refractivity contribution in [1.29, 1.82) is 0 Å². The van der Waals surface area contributed by atoms with Gasteiger partial charge in [0.15, 0.2) is 11.5 Å². The highest BCUT2D eigenvalue weighted by Crippen LogP contribution is 2.45. The SMILES string of the molecule is COc1ccccc1NC(=O)c1c(N=Cc2cccc(OC)c2OC)sc2c1CC[C@@H](C(C)(C)C)C2. The number of anilines is 1. The number of amides is 1. The first-order chi connectivity index (χ1) is 17.3. The number of methoxy groups -OCH3 is 3. The van der Waals surface area contributed by atoms with E-state index in [0.29, 0.717) is 39.4 Å². The lowest BCUT2D eigenvalue weighted by Gasteiger charge is -2.33. The lowest BCUT2D eigenvalue weighted by atomic mass is 9.72. The highest BCUT2D eigenvalue weighted by atomic mass is 32.1. The number of fused-ring (bicyclic) bond motifs is 1. The molecule has 190 valence electrons. The van der Waals surface area contributed by atoms with Gasteiger partial charge in [0.25, 0.3) is 5.91 Å². The number of benzene rings is 2. The fraction of sp³-hybridized carbons (Fsp3) is 0.379. The lowest BCUT2D eigenvalue weighted by molar-refractivity contribution is 0.102. The van der Waals surface area contributed by atoms with Crippen LogP contribution in [0.15, 0.2) is 47.5 Å². The summed E-state index contributed by atoms with van der Waals surface area (Å²) in [6.45, 7) is 6.87. The summed E-state index contributed by atoms with van der Waals surface area (Å²) in [4.78, 5) is 19.7. The Balaban J connectivity index is 1.75. The molecule has 1 aromatic heterocycles. The molecule has 1 N–H and O–H groups in total. The summed E-state index contributed by atoms with van der Waals surface area (Å²) in [5.41, 5.74) is 3.38. The Morgan fingerprint density at radius 3 is 2.44 bits per heavy atom. The maximum absolute atomic E-state index is 13.7. The quantitative estimate of drug-likeness (QED) is 0.353. The zero-order valence-corrected chi connectivity index (χ0v) is 22.6. The summed E-state index contributed by atoms with van der Waals surface area (Å²) in [7, 11) is 4.82. The van der Waals surface area contributed by atoms with E-state index >= 15 is 0 Å². The molecule has 0 unspecified atom stereocenters. The Hall–Kier alpha value is -3.32. The predicted molar refractivity (Wildman–Crippen MR) is 147 cm³/mol. The van der Waals surface area contributed by atoms with Crippen LogP contribution in [-0.4, -0.2) is 33.5 Å². The highest BCUT2D eigenvalue weighted by Gasteiger charge is 2.34. The van der Waals surface area contributed by atoms with E-state index in [0.717, 1.165) is 30.4 Å². The van der Waals surface area contributed by atoms with Gasteiger partial charge in [0.2, 0.25) is 0 Å². The second-order valence-corrected chi connectivity index (χ2v) is 11.1. The minimum Gasteiger partial charge on any atom is -0.495 e. The lowest BCUT2D eigenvalue weighted by Crippen LogP contribution is -2.27. The largest absolute Gasteiger partial charge is 0.495 e. The van der Waals surface area contributed by atoms with Crippen molar-refractivity contribution in [2.75, 3.05) is 26.6 Å². The molecule has 3 aromatic rings. The number of hydrogen-bond donors (Lipinski definition) is 1. The average Bonchev–Trinajstić information content (AvgIpc) is 3.24. The van der Waals surface area contributed by atoms with Crippen molar-refractivity contribution in [3.05, 3.63) is 64.0 Å². The molecule has 1 aliphatic rings. The summed E-state index contributed by atoms with van der Waals surface area (Å²) >= 11 is 1.61. The van der Waals surface area contributed by atoms with Gasteiger partial charge in [0, 0.05) is 16.7 Å². The molecule has 0 aliphatic heterocycles. The minimum atomic E-state index is -0.170. The number of thiophene rings is 1. The molecule has 0 bridgehead atoms. The zero-order chi connectivity index (χ0) is 25.9. The summed E-state index contributed by atoms with van der Waals surface area (Å²) in [6.07, 6.45) is 4.62. The summed E-state index contributed by atoms with van der Waals surface area (Å²) < 4.78 is 16.4. The van der Waals surface area contributed by atoms with E-state index < -0.39 is 0 Å². The number of para-hydroxylation sites is 3. The number of hydrogen-bond acceptors (Lipinski definition) is 6. The van der Waals surface area contributed by atoms with Gasteiger partial charge in [0.05, 0.1) is 32.6 Å². The van der Waals surface area contributed by atoms with Crippen molar-refractivity contribution < 1.29 is 19.0 Å². The molecule has 1 aliphatic carbocycles. The Morgan fingerprint density at radius 2 is 1.75 bits per heavy atom. The Morgan fingerprint density at radius 1 is 1.03 bits per heavy atom. The maximum atomic E-state index is 13.7. The monoisotopic (exact) mass is 506 g/mol. The van der Waals surface area contributed by atoms with Crippen LogP contribution in [0.4, 0.5) is 10.7 Å². The van der Waals surface area contributed by atoms with Crippen molar-refractivity contribution in [2.45, 2.75) is 40.0 Å². The van der Waals surface area contributed by atoms with Crippen LogP contribution in [0.1, 0.15) is 53.6 Å². The van der Waals surface area contributed by atoms with Crippen LogP contribution in [-0.2, 0) is 12.8 Å². The molecule has 0 saturated carbocycles. The van der Waals surface area contributed by atoms with Gasteiger partial charge >= 0.3 is 0 Å². The molecule has 0 radical (unpaired) electrons. The fourth-order valence-electron chi connectivity index (χ4n) is 4.71. The predicted octanol–water partition coefficient (Wildman–Crippen LogP) is 6.93. The molecule has 0 spiro atoms. The van der Waals surface area contributed by atoms with E-state index in [1.54, 1.807) is 38.9 Å². The smallest absolute Gasteiger partial charge is 0.259 e. The molecule has 1 atom stereocenters. The van der Waals surface area contributed by atoms with Crippen molar-refractivity contribution in [1.82, 2.24) is 0 Å². The number of nitrogens with one attached hydrogen (secondary N) is 1. The fourth-order valence-corrected chi connectivity index (χ4v) is 5.98. The van der Waals surface area contributed by atoms with Gasteiger partial charge in [-0.05, 0) is 60.4 Å². The number of aliphatic imine (C=N–C) groups is 1. The first-order valence-corrected chi connectivity index (χ1v) is 12.9. The second kappa shape index (κ2) is 10.7. The Labute approximate surface area is 217 Å². The molecule has 6 nitrogen and oxygen atoms in total. The van der Waals surface area contributed by atoms with Gasteiger partial charge in [-0.1, -0.05) is 39.0 Å². The summed E-state index contributed by atoms with van der Waals surface area (Å²) in [5.74, 6) is 2.25.